The summed E-state index contributed by atoms with van der Waals surface area (Å²) in [5, 5.41) is 6.82. The van der Waals surface area contributed by atoms with Crippen LogP contribution in [0.4, 0.5) is 0 Å². The molecule has 0 saturated carbocycles. The van der Waals surface area contributed by atoms with Gasteiger partial charge in [-0.1, -0.05) is 0 Å². The van der Waals surface area contributed by atoms with Crippen LogP contribution in [-0.4, -0.2) is 51.1 Å². The summed E-state index contributed by atoms with van der Waals surface area (Å²) in [6.07, 6.45) is 7.23. The average Bonchev–Trinajstić information content (AvgIpc) is 3.23. The Balaban J connectivity index is 1.72. The van der Waals surface area contributed by atoms with E-state index in [1.54, 1.807) is 19.2 Å². The van der Waals surface area contributed by atoms with Crippen molar-refractivity contribution >= 4 is 11.8 Å². The van der Waals surface area contributed by atoms with Crippen LogP contribution in [0.25, 0.3) is 0 Å². The van der Waals surface area contributed by atoms with E-state index in [2.05, 4.69) is 15.4 Å². The summed E-state index contributed by atoms with van der Waals surface area (Å²) in [7, 11) is 1.55. The van der Waals surface area contributed by atoms with Gasteiger partial charge in [0.05, 0.1) is 24.3 Å². The Morgan fingerprint density at radius 2 is 2.17 bits per heavy atom. The number of nitrogens with zero attached hydrogens (tertiary/aromatic N) is 4. The minimum atomic E-state index is -0.262. The summed E-state index contributed by atoms with van der Waals surface area (Å²) >= 11 is 0. The second-order valence-electron chi connectivity index (χ2n) is 6.05. The maximum atomic E-state index is 12.8. The number of nitrogens with one attached hydrogen (secondary N) is 1. The number of pyridine rings is 1. The molecule has 1 N–H and O–H groups in total. The van der Waals surface area contributed by atoms with E-state index in [-0.39, 0.29) is 17.9 Å². The number of likely N-dealkylation sites (tertiary alicyclic amines) is 1. The SMILES string of the molecule is CNC(=O)c1ccc(C(=O)N2CCCC2Cn2cc(C)cn2)cn1. The van der Waals surface area contributed by atoms with Crippen LogP contribution >= 0.6 is 0 Å². The third kappa shape index (κ3) is 3.29. The lowest BCUT2D eigenvalue weighted by Gasteiger charge is -2.24. The molecule has 0 aliphatic carbocycles. The Labute approximate surface area is 140 Å². The Morgan fingerprint density at radius 1 is 1.33 bits per heavy atom. The van der Waals surface area contributed by atoms with Gasteiger partial charge < -0.3 is 10.2 Å². The molecule has 24 heavy (non-hydrogen) atoms. The van der Waals surface area contributed by atoms with Gasteiger partial charge in [0, 0.05) is 26.0 Å². The van der Waals surface area contributed by atoms with Crippen molar-refractivity contribution in [3.8, 4) is 0 Å². The zero-order valence-corrected chi connectivity index (χ0v) is 13.9. The minimum Gasteiger partial charge on any atom is -0.354 e. The standard InChI is InChI=1S/C17H21N5O2/c1-12-8-20-21(10-12)11-14-4-3-7-22(14)17(24)13-5-6-15(19-9-13)16(23)18-2/h5-6,8-10,14H,3-4,7,11H2,1-2H3,(H,18,23). The molecule has 3 rings (SSSR count). The van der Waals surface area contributed by atoms with E-state index in [0.717, 1.165) is 24.9 Å². The number of hydrogen-bond donors (Lipinski definition) is 1. The molecule has 2 aromatic rings. The Kier molecular flexibility index (Phi) is 4.59. The molecule has 0 spiro atoms. The zero-order valence-electron chi connectivity index (χ0n) is 13.9. The summed E-state index contributed by atoms with van der Waals surface area (Å²) in [6, 6.07) is 3.37. The fourth-order valence-electron chi connectivity index (χ4n) is 3.02. The molecular weight excluding hydrogens is 306 g/mol. The first-order chi connectivity index (χ1) is 11.6. The number of hydrogen-bond acceptors (Lipinski definition) is 4. The van der Waals surface area contributed by atoms with Crippen LogP contribution in [0.15, 0.2) is 30.7 Å². The van der Waals surface area contributed by atoms with Crippen molar-refractivity contribution in [3.05, 3.63) is 47.5 Å². The van der Waals surface area contributed by atoms with Crippen LogP contribution in [0.3, 0.4) is 0 Å². The quantitative estimate of drug-likeness (QED) is 0.916. The van der Waals surface area contributed by atoms with E-state index in [9.17, 15) is 9.59 Å². The number of carbonyl (C=O) groups excluding carboxylic acids is 2. The molecule has 0 radical (unpaired) electrons. The summed E-state index contributed by atoms with van der Waals surface area (Å²) in [4.78, 5) is 30.2. The van der Waals surface area contributed by atoms with E-state index < -0.39 is 0 Å². The van der Waals surface area contributed by atoms with Gasteiger partial charge in [-0.3, -0.25) is 19.3 Å². The van der Waals surface area contributed by atoms with Crippen LogP contribution in [0, 0.1) is 6.92 Å². The van der Waals surface area contributed by atoms with Crippen LogP contribution in [-0.2, 0) is 6.54 Å². The first-order valence-corrected chi connectivity index (χ1v) is 8.06. The van der Waals surface area contributed by atoms with Crippen molar-refractivity contribution in [1.29, 1.82) is 0 Å². The van der Waals surface area contributed by atoms with E-state index in [0.29, 0.717) is 17.8 Å². The van der Waals surface area contributed by atoms with Crippen LogP contribution < -0.4 is 5.32 Å². The first kappa shape index (κ1) is 16.2. The molecule has 1 fully saturated rings. The van der Waals surface area contributed by atoms with Crippen molar-refractivity contribution in [1.82, 2.24) is 25.0 Å². The summed E-state index contributed by atoms with van der Waals surface area (Å²) in [5.74, 6) is -0.306. The van der Waals surface area contributed by atoms with Crippen molar-refractivity contribution in [2.75, 3.05) is 13.6 Å². The van der Waals surface area contributed by atoms with Gasteiger partial charge >= 0.3 is 0 Å². The summed E-state index contributed by atoms with van der Waals surface area (Å²) < 4.78 is 1.89. The predicted molar refractivity (Wildman–Crippen MR) is 88.6 cm³/mol. The minimum absolute atomic E-state index is 0.0441. The molecule has 2 aromatic heterocycles. The fourth-order valence-corrected chi connectivity index (χ4v) is 3.02. The van der Waals surface area contributed by atoms with Gasteiger partial charge in [0.15, 0.2) is 0 Å². The van der Waals surface area contributed by atoms with Gasteiger partial charge in [0.1, 0.15) is 5.69 Å². The van der Waals surface area contributed by atoms with Gasteiger partial charge in [-0.2, -0.15) is 5.10 Å². The molecule has 1 aliphatic heterocycles. The van der Waals surface area contributed by atoms with Gasteiger partial charge in [-0.15, -0.1) is 0 Å². The van der Waals surface area contributed by atoms with E-state index >= 15 is 0 Å². The first-order valence-electron chi connectivity index (χ1n) is 8.06. The van der Waals surface area contributed by atoms with Crippen LogP contribution in [0.2, 0.25) is 0 Å². The summed E-state index contributed by atoms with van der Waals surface area (Å²) in [6.45, 7) is 3.44. The molecule has 1 atom stereocenters. The van der Waals surface area contributed by atoms with Gasteiger partial charge in [-0.25, -0.2) is 0 Å². The maximum Gasteiger partial charge on any atom is 0.269 e. The highest BCUT2D eigenvalue weighted by Gasteiger charge is 2.30. The van der Waals surface area contributed by atoms with E-state index in [1.807, 2.05) is 28.9 Å². The number of amides is 2. The second kappa shape index (κ2) is 6.82. The third-order valence-corrected chi connectivity index (χ3v) is 4.27. The molecule has 7 nitrogen and oxygen atoms in total. The lowest BCUT2D eigenvalue weighted by atomic mass is 10.2. The largest absolute Gasteiger partial charge is 0.354 e. The third-order valence-electron chi connectivity index (χ3n) is 4.27. The highest BCUT2D eigenvalue weighted by Crippen LogP contribution is 2.21. The highest BCUT2D eigenvalue weighted by atomic mass is 16.2. The number of rotatable bonds is 4. The van der Waals surface area contributed by atoms with Crippen molar-refractivity contribution in [2.45, 2.75) is 32.4 Å². The topological polar surface area (TPSA) is 80.1 Å². The predicted octanol–water partition coefficient (Wildman–Crippen LogP) is 1.25. The smallest absolute Gasteiger partial charge is 0.269 e. The van der Waals surface area contributed by atoms with Crippen molar-refractivity contribution in [2.24, 2.45) is 0 Å². The Morgan fingerprint density at radius 3 is 2.79 bits per heavy atom. The lowest BCUT2D eigenvalue weighted by molar-refractivity contribution is 0.0720. The fraction of sp³-hybridized carbons (Fsp3) is 0.412. The van der Waals surface area contributed by atoms with Gasteiger partial charge in [0.2, 0.25) is 0 Å². The number of aryl methyl sites for hydroxylation is 1. The molecule has 0 aromatic carbocycles. The highest BCUT2D eigenvalue weighted by molar-refractivity contribution is 5.96. The molecular formula is C17H21N5O2. The van der Waals surface area contributed by atoms with Crippen molar-refractivity contribution in [3.63, 3.8) is 0 Å². The monoisotopic (exact) mass is 327 g/mol. The van der Waals surface area contributed by atoms with Gasteiger partial charge in [-0.05, 0) is 37.5 Å². The van der Waals surface area contributed by atoms with Gasteiger partial charge in [0.25, 0.3) is 11.8 Å². The van der Waals surface area contributed by atoms with E-state index in [1.165, 1.54) is 6.20 Å². The normalized spacial score (nSPS) is 17.1. The molecule has 126 valence electrons. The van der Waals surface area contributed by atoms with E-state index in [4.69, 9.17) is 0 Å². The molecule has 2 amide bonds. The Hall–Kier alpha value is -2.70. The number of carbonyl (C=O) groups is 2. The maximum absolute atomic E-state index is 12.8. The van der Waals surface area contributed by atoms with Crippen molar-refractivity contribution < 1.29 is 9.59 Å². The average molecular weight is 327 g/mol. The second-order valence-corrected chi connectivity index (χ2v) is 6.05. The Bertz CT molecular complexity index is 738. The molecule has 1 aliphatic rings. The molecule has 0 bridgehead atoms. The van der Waals surface area contributed by atoms with Crippen LogP contribution in [0.1, 0.15) is 39.3 Å². The molecule has 3 heterocycles. The number of aromatic nitrogens is 3. The summed E-state index contributed by atoms with van der Waals surface area (Å²) in [5.41, 5.74) is 1.92. The van der Waals surface area contributed by atoms with Crippen LogP contribution in [0.5, 0.6) is 0 Å². The molecule has 7 heteroatoms. The zero-order chi connectivity index (χ0) is 17.1. The lowest BCUT2D eigenvalue weighted by Crippen LogP contribution is -2.38. The molecule has 1 saturated heterocycles. The molecule has 1 unspecified atom stereocenters.